The van der Waals surface area contributed by atoms with Gasteiger partial charge >= 0.3 is 0 Å². The highest BCUT2D eigenvalue weighted by Crippen LogP contribution is 2.29. The zero-order valence-corrected chi connectivity index (χ0v) is 19.0. The highest BCUT2D eigenvalue weighted by molar-refractivity contribution is 6.01. The van der Waals surface area contributed by atoms with Crippen molar-refractivity contribution in [3.63, 3.8) is 0 Å². The number of amides is 2. The summed E-state index contributed by atoms with van der Waals surface area (Å²) in [7, 11) is 0. The molecule has 2 amide bonds. The van der Waals surface area contributed by atoms with Gasteiger partial charge in [0, 0.05) is 23.6 Å². The SMILES string of the molecule is O=C(NCc1ccco1)[C@@H](c1cccnc1)N(C(=O)Cn1nnc2ccccc21)c1ccc(F)cc1. The Bertz CT molecular complexity index is 1470. The van der Waals surface area contributed by atoms with Crippen molar-refractivity contribution >= 4 is 28.5 Å². The molecule has 0 aliphatic carbocycles. The number of fused-ring (bicyclic) bond motifs is 1. The van der Waals surface area contributed by atoms with Crippen LogP contribution in [-0.4, -0.2) is 31.8 Å². The first kappa shape index (κ1) is 22.9. The van der Waals surface area contributed by atoms with Crippen LogP contribution in [0.15, 0.2) is 95.9 Å². The fourth-order valence-corrected chi connectivity index (χ4v) is 3.92. The number of pyridine rings is 1. The largest absolute Gasteiger partial charge is 0.467 e. The smallest absolute Gasteiger partial charge is 0.249 e. The lowest BCUT2D eigenvalue weighted by molar-refractivity contribution is -0.127. The molecule has 5 aromatic rings. The summed E-state index contributed by atoms with van der Waals surface area (Å²) < 4.78 is 20.6. The summed E-state index contributed by atoms with van der Waals surface area (Å²) in [6.45, 7) is -0.0676. The zero-order chi connectivity index (χ0) is 24.9. The third kappa shape index (κ3) is 4.83. The number of aromatic nitrogens is 4. The summed E-state index contributed by atoms with van der Waals surface area (Å²) in [5.41, 5.74) is 2.13. The summed E-state index contributed by atoms with van der Waals surface area (Å²) in [5.74, 6) is -0.810. The van der Waals surface area contributed by atoms with E-state index in [4.69, 9.17) is 4.42 Å². The van der Waals surface area contributed by atoms with Gasteiger partial charge in [0.25, 0.3) is 0 Å². The Balaban J connectivity index is 1.54. The van der Waals surface area contributed by atoms with E-state index in [1.807, 2.05) is 12.1 Å². The summed E-state index contributed by atoms with van der Waals surface area (Å²) in [5, 5.41) is 11.0. The molecule has 3 aromatic heterocycles. The number of benzene rings is 2. The van der Waals surface area contributed by atoms with Crippen LogP contribution in [0.2, 0.25) is 0 Å². The lowest BCUT2D eigenvalue weighted by Gasteiger charge is -2.31. The number of furan rings is 1. The van der Waals surface area contributed by atoms with Crippen LogP contribution in [-0.2, 0) is 22.7 Å². The second kappa shape index (κ2) is 10.2. The molecular weight excluding hydrogens is 463 g/mol. The monoisotopic (exact) mass is 484 g/mol. The number of hydrogen-bond donors (Lipinski definition) is 1. The van der Waals surface area contributed by atoms with Crippen LogP contribution in [0.1, 0.15) is 17.4 Å². The lowest BCUT2D eigenvalue weighted by Crippen LogP contribution is -2.45. The van der Waals surface area contributed by atoms with Crippen molar-refractivity contribution in [2.75, 3.05) is 4.90 Å². The van der Waals surface area contributed by atoms with Gasteiger partial charge < -0.3 is 9.73 Å². The Labute approximate surface area is 205 Å². The third-order valence-corrected chi connectivity index (χ3v) is 5.60. The molecule has 0 aliphatic heterocycles. The first-order chi connectivity index (χ1) is 17.6. The molecular formula is C26H21FN6O3. The average molecular weight is 484 g/mol. The molecule has 3 heterocycles. The number of carbonyl (C=O) groups is 2. The molecule has 2 aromatic carbocycles. The van der Waals surface area contributed by atoms with Gasteiger partial charge in [0.1, 0.15) is 29.7 Å². The maximum absolute atomic E-state index is 13.8. The second-order valence-electron chi connectivity index (χ2n) is 7.96. The van der Waals surface area contributed by atoms with Gasteiger partial charge in [-0.25, -0.2) is 9.07 Å². The van der Waals surface area contributed by atoms with E-state index in [0.29, 0.717) is 28.0 Å². The molecule has 1 atom stereocenters. The molecule has 0 radical (unpaired) electrons. The summed E-state index contributed by atoms with van der Waals surface area (Å²) in [4.78, 5) is 32.8. The van der Waals surface area contributed by atoms with Crippen LogP contribution in [0.4, 0.5) is 10.1 Å². The molecule has 1 N–H and O–H groups in total. The fraction of sp³-hybridized carbons (Fsp3) is 0.115. The van der Waals surface area contributed by atoms with Crippen LogP contribution >= 0.6 is 0 Å². The van der Waals surface area contributed by atoms with E-state index in [1.54, 1.807) is 42.6 Å². The minimum atomic E-state index is -1.10. The first-order valence-electron chi connectivity index (χ1n) is 11.2. The van der Waals surface area contributed by atoms with Crippen LogP contribution < -0.4 is 10.2 Å². The number of nitrogens with zero attached hydrogens (tertiary/aromatic N) is 5. The van der Waals surface area contributed by atoms with Crippen LogP contribution in [0.25, 0.3) is 11.0 Å². The average Bonchev–Trinajstić information content (AvgIpc) is 3.57. The molecule has 0 spiro atoms. The summed E-state index contributed by atoms with van der Waals surface area (Å²) in [6, 6.07) is 18.4. The normalized spacial score (nSPS) is 11.8. The van der Waals surface area contributed by atoms with E-state index < -0.39 is 23.7 Å². The molecule has 0 fully saturated rings. The van der Waals surface area contributed by atoms with Gasteiger partial charge in [-0.1, -0.05) is 23.4 Å². The molecule has 5 rings (SSSR count). The van der Waals surface area contributed by atoms with E-state index in [1.165, 1.54) is 46.3 Å². The molecule has 180 valence electrons. The molecule has 0 bridgehead atoms. The van der Waals surface area contributed by atoms with Gasteiger partial charge in [-0.2, -0.15) is 0 Å². The minimum absolute atomic E-state index is 0.127. The van der Waals surface area contributed by atoms with E-state index >= 15 is 0 Å². The Morgan fingerprint density at radius 1 is 1.03 bits per heavy atom. The maximum atomic E-state index is 13.8. The fourth-order valence-electron chi connectivity index (χ4n) is 3.92. The molecule has 0 unspecified atom stereocenters. The number of halogens is 1. The van der Waals surface area contributed by atoms with Crippen LogP contribution in [0.5, 0.6) is 0 Å². The summed E-state index contributed by atoms with van der Waals surface area (Å²) >= 11 is 0. The van der Waals surface area contributed by atoms with Gasteiger partial charge in [-0.3, -0.25) is 19.5 Å². The highest BCUT2D eigenvalue weighted by atomic mass is 19.1. The van der Waals surface area contributed by atoms with Crippen molar-refractivity contribution in [2.24, 2.45) is 0 Å². The predicted octanol–water partition coefficient (Wildman–Crippen LogP) is 3.65. The van der Waals surface area contributed by atoms with E-state index in [9.17, 15) is 14.0 Å². The molecule has 36 heavy (non-hydrogen) atoms. The molecule has 0 saturated carbocycles. The van der Waals surface area contributed by atoms with E-state index in [0.717, 1.165) is 0 Å². The predicted molar refractivity (Wildman–Crippen MR) is 129 cm³/mol. The quantitative estimate of drug-likeness (QED) is 0.360. The van der Waals surface area contributed by atoms with Crippen LogP contribution in [0, 0.1) is 5.82 Å². The number of para-hydroxylation sites is 1. The van der Waals surface area contributed by atoms with Crippen molar-refractivity contribution in [2.45, 2.75) is 19.1 Å². The van der Waals surface area contributed by atoms with E-state index in [-0.39, 0.29) is 13.1 Å². The summed E-state index contributed by atoms with van der Waals surface area (Å²) in [6.07, 6.45) is 4.61. The van der Waals surface area contributed by atoms with Crippen molar-refractivity contribution < 1.29 is 18.4 Å². The number of nitrogens with one attached hydrogen (secondary N) is 1. The Morgan fingerprint density at radius 2 is 1.86 bits per heavy atom. The number of anilines is 1. The third-order valence-electron chi connectivity index (χ3n) is 5.60. The zero-order valence-electron chi connectivity index (χ0n) is 19.0. The lowest BCUT2D eigenvalue weighted by atomic mass is 10.0. The van der Waals surface area contributed by atoms with Gasteiger partial charge in [0.2, 0.25) is 11.8 Å². The Kier molecular flexibility index (Phi) is 6.48. The molecule has 9 nitrogen and oxygen atoms in total. The molecule has 10 heteroatoms. The van der Waals surface area contributed by atoms with Crippen molar-refractivity contribution in [3.8, 4) is 0 Å². The molecule has 0 aliphatic rings. The first-order valence-corrected chi connectivity index (χ1v) is 11.2. The standard InChI is InChI=1S/C26H21FN6O3/c27-19-9-11-20(12-10-19)33(24(34)17-32-23-8-2-1-7-22(23)30-31-32)25(18-5-3-13-28-15-18)26(35)29-16-21-6-4-14-36-21/h1-15,25H,16-17H2,(H,29,35)/t25-/m1/s1. The number of carbonyl (C=O) groups excluding carboxylic acids is 2. The Morgan fingerprint density at radius 3 is 2.61 bits per heavy atom. The van der Waals surface area contributed by atoms with Crippen LogP contribution in [0.3, 0.4) is 0 Å². The van der Waals surface area contributed by atoms with Gasteiger partial charge in [0.05, 0.1) is 18.3 Å². The van der Waals surface area contributed by atoms with Crippen molar-refractivity contribution in [1.82, 2.24) is 25.3 Å². The molecule has 0 saturated heterocycles. The Hall–Kier alpha value is -4.86. The van der Waals surface area contributed by atoms with Gasteiger partial charge in [-0.05, 0) is 54.6 Å². The van der Waals surface area contributed by atoms with Gasteiger partial charge in [0.15, 0.2) is 0 Å². The van der Waals surface area contributed by atoms with Gasteiger partial charge in [-0.15, -0.1) is 5.10 Å². The van der Waals surface area contributed by atoms with Crippen molar-refractivity contribution in [1.29, 1.82) is 0 Å². The topological polar surface area (TPSA) is 106 Å². The minimum Gasteiger partial charge on any atom is -0.467 e. The van der Waals surface area contributed by atoms with Crippen molar-refractivity contribution in [3.05, 3.63) is 109 Å². The number of rotatable bonds is 8. The maximum Gasteiger partial charge on any atom is 0.249 e. The van der Waals surface area contributed by atoms with E-state index in [2.05, 4.69) is 20.6 Å². The second-order valence-corrected chi connectivity index (χ2v) is 7.96. The highest BCUT2D eigenvalue weighted by Gasteiger charge is 2.33. The number of hydrogen-bond acceptors (Lipinski definition) is 6.